The molecule has 0 unspecified atom stereocenters. The molecule has 0 saturated carbocycles. The Morgan fingerprint density at radius 1 is 0.636 bits per heavy atom. The van der Waals surface area contributed by atoms with Crippen molar-refractivity contribution < 1.29 is 0 Å². The second kappa shape index (κ2) is 10.8. The molecule has 0 radical (unpaired) electrons. The fourth-order valence-electron chi connectivity index (χ4n) is 6.43. The van der Waals surface area contributed by atoms with E-state index in [4.69, 9.17) is 0 Å². The molecule has 0 bridgehead atoms. The summed E-state index contributed by atoms with van der Waals surface area (Å²) in [7, 11) is 0. The lowest BCUT2D eigenvalue weighted by molar-refractivity contribution is 0.770. The molecular formula is C40H30N4. The summed E-state index contributed by atoms with van der Waals surface area (Å²) in [5, 5.41) is 4.60. The quantitative estimate of drug-likeness (QED) is 0.231. The first-order chi connectivity index (χ1) is 21.8. The van der Waals surface area contributed by atoms with Crippen LogP contribution in [0.4, 0.5) is 17.1 Å². The Balaban J connectivity index is 1.20. The molecule has 0 saturated heterocycles. The fraction of sp³-hybridized carbons (Fsp3) is 0.0250. The van der Waals surface area contributed by atoms with Crippen LogP contribution in [0, 0.1) is 0 Å². The van der Waals surface area contributed by atoms with Crippen LogP contribution in [0.1, 0.15) is 5.56 Å². The molecule has 3 heterocycles. The highest BCUT2D eigenvalue weighted by atomic mass is 15.5. The zero-order valence-corrected chi connectivity index (χ0v) is 24.2. The number of fused-ring (bicyclic) bond motifs is 5. The molecule has 8 rings (SSSR count). The summed E-state index contributed by atoms with van der Waals surface area (Å²) in [5.41, 5.74) is 16.0. The Kier molecular flexibility index (Phi) is 6.40. The number of benzene rings is 5. The topological polar surface area (TPSA) is 31.4 Å². The number of rotatable bonds is 3. The number of allylic oxidation sites excluding steroid dienone is 1. The first kappa shape index (κ1) is 26.0. The third kappa shape index (κ3) is 4.41. The summed E-state index contributed by atoms with van der Waals surface area (Å²) >= 11 is 0. The summed E-state index contributed by atoms with van der Waals surface area (Å²) in [6, 6.07) is 45.0. The van der Waals surface area contributed by atoms with E-state index < -0.39 is 0 Å². The number of nitrogens with one attached hydrogen (secondary N) is 1. The number of hydrogen-bond donors (Lipinski definition) is 1. The second-order valence-corrected chi connectivity index (χ2v) is 11.1. The van der Waals surface area contributed by atoms with Crippen LogP contribution in [0.5, 0.6) is 0 Å². The standard InChI is InChI=1S/C40H30N4/c1-28-23-25-43(31-20-18-30(19-21-31)34-17-9-11-29-10-5-6-14-33(29)34)42-27-38-36-16-8-7-15-35(36)37-26-41-24-22-39(37)44(40(28)38)32-12-3-2-4-13-32/h2-26,42H,1,27H2/b25-23-. The summed E-state index contributed by atoms with van der Waals surface area (Å²) in [6.07, 6.45) is 8.02. The van der Waals surface area contributed by atoms with Crippen LogP contribution in [-0.2, 0) is 0 Å². The van der Waals surface area contributed by atoms with Crippen LogP contribution in [0.2, 0.25) is 0 Å². The third-order valence-corrected chi connectivity index (χ3v) is 8.51. The van der Waals surface area contributed by atoms with Gasteiger partial charge in [0.1, 0.15) is 0 Å². The van der Waals surface area contributed by atoms with Gasteiger partial charge in [-0.2, -0.15) is 0 Å². The molecule has 4 nitrogen and oxygen atoms in total. The van der Waals surface area contributed by atoms with Gasteiger partial charge in [0.25, 0.3) is 0 Å². The number of hydrogen-bond acceptors (Lipinski definition) is 4. The number of para-hydroxylation sites is 1. The Morgan fingerprint density at radius 3 is 2.23 bits per heavy atom. The van der Waals surface area contributed by atoms with Gasteiger partial charge in [-0.1, -0.05) is 104 Å². The van der Waals surface area contributed by atoms with Gasteiger partial charge < -0.3 is 4.90 Å². The molecule has 0 spiro atoms. The molecule has 2 aliphatic rings. The van der Waals surface area contributed by atoms with Gasteiger partial charge in [-0.15, -0.1) is 0 Å². The van der Waals surface area contributed by atoms with Crippen LogP contribution < -0.4 is 15.3 Å². The van der Waals surface area contributed by atoms with Gasteiger partial charge >= 0.3 is 0 Å². The Bertz CT molecular complexity index is 2090. The molecule has 0 fully saturated rings. The van der Waals surface area contributed by atoms with Gasteiger partial charge in [0.15, 0.2) is 0 Å². The van der Waals surface area contributed by atoms with Crippen molar-refractivity contribution >= 4 is 33.4 Å². The number of hydrazine groups is 1. The molecule has 210 valence electrons. The van der Waals surface area contributed by atoms with Crippen LogP contribution in [0.3, 0.4) is 0 Å². The minimum Gasteiger partial charge on any atom is -0.309 e. The summed E-state index contributed by atoms with van der Waals surface area (Å²) < 4.78 is 0. The maximum Gasteiger partial charge on any atom is 0.0580 e. The molecule has 2 aliphatic heterocycles. The summed E-state index contributed by atoms with van der Waals surface area (Å²) in [6.45, 7) is 5.22. The van der Waals surface area contributed by atoms with E-state index in [1.54, 1.807) is 0 Å². The zero-order chi connectivity index (χ0) is 29.5. The minimum atomic E-state index is 0.603. The van der Waals surface area contributed by atoms with Crippen LogP contribution in [-0.4, -0.2) is 11.5 Å². The van der Waals surface area contributed by atoms with E-state index in [0.29, 0.717) is 6.54 Å². The molecule has 44 heavy (non-hydrogen) atoms. The van der Waals surface area contributed by atoms with Crippen molar-refractivity contribution in [3.63, 3.8) is 0 Å². The van der Waals surface area contributed by atoms with Crippen molar-refractivity contribution in [2.75, 3.05) is 16.5 Å². The maximum atomic E-state index is 4.62. The van der Waals surface area contributed by atoms with E-state index in [-0.39, 0.29) is 0 Å². The minimum absolute atomic E-state index is 0.603. The number of pyridine rings is 1. The average molecular weight is 567 g/mol. The smallest absolute Gasteiger partial charge is 0.0580 e. The van der Waals surface area contributed by atoms with Crippen molar-refractivity contribution in [1.29, 1.82) is 0 Å². The third-order valence-electron chi connectivity index (χ3n) is 8.51. The Hall–Kier alpha value is -5.71. The molecular weight excluding hydrogens is 536 g/mol. The number of anilines is 3. The lowest BCUT2D eigenvalue weighted by Gasteiger charge is -2.32. The first-order valence-electron chi connectivity index (χ1n) is 14.9. The van der Waals surface area contributed by atoms with E-state index in [1.807, 2.05) is 12.4 Å². The van der Waals surface area contributed by atoms with Crippen LogP contribution in [0.15, 0.2) is 170 Å². The van der Waals surface area contributed by atoms with Gasteiger partial charge in [0.2, 0.25) is 0 Å². The van der Waals surface area contributed by atoms with E-state index in [2.05, 4.69) is 167 Å². The maximum absolute atomic E-state index is 4.62. The molecule has 0 amide bonds. The highest BCUT2D eigenvalue weighted by molar-refractivity contribution is 5.99. The van der Waals surface area contributed by atoms with Gasteiger partial charge in [-0.05, 0) is 75.0 Å². The molecule has 1 aromatic heterocycles. The molecule has 1 N–H and O–H groups in total. The fourth-order valence-corrected chi connectivity index (χ4v) is 6.43. The summed E-state index contributed by atoms with van der Waals surface area (Å²) in [4.78, 5) is 6.86. The molecule has 5 aromatic carbocycles. The van der Waals surface area contributed by atoms with Crippen LogP contribution >= 0.6 is 0 Å². The van der Waals surface area contributed by atoms with Crippen molar-refractivity contribution in [1.82, 2.24) is 10.4 Å². The van der Waals surface area contributed by atoms with Crippen molar-refractivity contribution in [2.45, 2.75) is 0 Å². The van der Waals surface area contributed by atoms with Crippen molar-refractivity contribution in [3.05, 3.63) is 175 Å². The number of nitrogens with zero attached hydrogens (tertiary/aromatic N) is 3. The van der Waals surface area contributed by atoms with Crippen molar-refractivity contribution in [2.24, 2.45) is 0 Å². The molecule has 4 heteroatoms. The van der Waals surface area contributed by atoms with Gasteiger partial charge in [-0.25, -0.2) is 5.43 Å². The van der Waals surface area contributed by atoms with Gasteiger partial charge in [0, 0.05) is 42.0 Å². The molecule has 0 aliphatic carbocycles. The van der Waals surface area contributed by atoms with E-state index in [9.17, 15) is 0 Å². The molecule has 0 atom stereocenters. The largest absolute Gasteiger partial charge is 0.309 e. The Morgan fingerprint density at radius 2 is 1.36 bits per heavy atom. The second-order valence-electron chi connectivity index (χ2n) is 11.1. The lowest BCUT2D eigenvalue weighted by atomic mass is 9.93. The van der Waals surface area contributed by atoms with Crippen LogP contribution in [0.25, 0.3) is 38.6 Å². The predicted molar refractivity (Wildman–Crippen MR) is 183 cm³/mol. The van der Waals surface area contributed by atoms with Gasteiger partial charge in [-0.3, -0.25) is 9.99 Å². The average Bonchev–Trinajstić information content (AvgIpc) is 3.20. The number of aromatic nitrogens is 1. The predicted octanol–water partition coefficient (Wildman–Crippen LogP) is 9.53. The Labute approximate surface area is 257 Å². The van der Waals surface area contributed by atoms with Crippen molar-refractivity contribution in [3.8, 4) is 22.3 Å². The normalized spacial score (nSPS) is 15.1. The SMILES string of the molecule is C=C1/C=C\N(c2ccc(-c3cccc4ccccc34)cc2)NCC2=C1N(c1ccccc1)c1ccncc1-c1ccccc12. The van der Waals surface area contributed by atoms with E-state index in [0.717, 1.165) is 39.5 Å². The first-order valence-corrected chi connectivity index (χ1v) is 14.9. The van der Waals surface area contributed by atoms with E-state index in [1.165, 1.54) is 33.0 Å². The molecule has 6 aromatic rings. The summed E-state index contributed by atoms with van der Waals surface area (Å²) in [5.74, 6) is 0. The monoisotopic (exact) mass is 566 g/mol. The zero-order valence-electron chi connectivity index (χ0n) is 24.2. The van der Waals surface area contributed by atoms with Gasteiger partial charge in [0.05, 0.1) is 17.1 Å². The highest BCUT2D eigenvalue weighted by Gasteiger charge is 2.30. The van der Waals surface area contributed by atoms with E-state index >= 15 is 0 Å². The lowest BCUT2D eigenvalue weighted by Crippen LogP contribution is -2.36. The highest BCUT2D eigenvalue weighted by Crippen LogP contribution is 2.47.